The zero-order valence-corrected chi connectivity index (χ0v) is 6.98. The van der Waals surface area contributed by atoms with Crippen molar-refractivity contribution in [2.75, 3.05) is 5.43 Å². The van der Waals surface area contributed by atoms with Crippen molar-refractivity contribution < 1.29 is 8.78 Å². The van der Waals surface area contributed by atoms with Crippen LogP contribution in [0.2, 0.25) is 0 Å². The Bertz CT molecular complexity index is 278. The molecule has 0 heterocycles. The second-order valence-corrected chi connectivity index (χ2v) is 2.64. The van der Waals surface area contributed by atoms with Gasteiger partial charge in [-0.3, -0.25) is 5.84 Å². The van der Waals surface area contributed by atoms with E-state index >= 15 is 0 Å². The van der Waals surface area contributed by atoms with Crippen LogP contribution < -0.4 is 11.3 Å². The molecule has 0 aromatic heterocycles. The average molecular weight is 190 g/mol. The van der Waals surface area contributed by atoms with Crippen LogP contribution in [0, 0.1) is 0 Å². The van der Waals surface area contributed by atoms with Crippen LogP contribution >= 0.6 is 12.6 Å². The van der Waals surface area contributed by atoms with Gasteiger partial charge >= 0.3 is 0 Å². The highest BCUT2D eigenvalue weighted by Gasteiger charge is 2.12. The lowest BCUT2D eigenvalue weighted by Crippen LogP contribution is -2.08. The van der Waals surface area contributed by atoms with E-state index in [9.17, 15) is 8.78 Å². The second-order valence-electron chi connectivity index (χ2n) is 2.19. The summed E-state index contributed by atoms with van der Waals surface area (Å²) in [5.41, 5.74) is 2.56. The molecule has 0 aliphatic rings. The number of alkyl halides is 2. The highest BCUT2D eigenvalue weighted by molar-refractivity contribution is 7.80. The minimum atomic E-state index is -2.52. The zero-order valence-electron chi connectivity index (χ0n) is 6.09. The van der Waals surface area contributed by atoms with Crippen LogP contribution in [0.3, 0.4) is 0 Å². The fourth-order valence-electron chi connectivity index (χ4n) is 0.854. The second kappa shape index (κ2) is 3.73. The highest BCUT2D eigenvalue weighted by atomic mass is 32.1. The van der Waals surface area contributed by atoms with Crippen molar-refractivity contribution in [3.05, 3.63) is 23.8 Å². The van der Waals surface area contributed by atoms with Crippen LogP contribution in [-0.4, -0.2) is 0 Å². The van der Waals surface area contributed by atoms with Gasteiger partial charge in [-0.25, -0.2) is 8.78 Å². The summed E-state index contributed by atoms with van der Waals surface area (Å²) in [7, 11) is 0. The molecule has 3 N–H and O–H groups in total. The third-order valence-electron chi connectivity index (χ3n) is 1.46. The van der Waals surface area contributed by atoms with Gasteiger partial charge in [-0.2, -0.15) is 0 Å². The molecule has 12 heavy (non-hydrogen) atoms. The van der Waals surface area contributed by atoms with Gasteiger partial charge in [-0.1, -0.05) is 12.1 Å². The number of hydrazine groups is 1. The molecule has 0 amide bonds. The third kappa shape index (κ3) is 1.67. The quantitative estimate of drug-likeness (QED) is 0.380. The smallest absolute Gasteiger partial charge is 0.264 e. The van der Waals surface area contributed by atoms with Crippen molar-refractivity contribution in [2.45, 2.75) is 11.3 Å². The third-order valence-corrected chi connectivity index (χ3v) is 1.96. The lowest BCUT2D eigenvalue weighted by Gasteiger charge is -2.08. The number of halogens is 2. The van der Waals surface area contributed by atoms with E-state index in [-0.39, 0.29) is 10.5 Å². The van der Waals surface area contributed by atoms with Gasteiger partial charge in [0.15, 0.2) is 0 Å². The maximum atomic E-state index is 12.2. The Morgan fingerprint density at radius 2 is 2.08 bits per heavy atom. The van der Waals surface area contributed by atoms with Gasteiger partial charge in [-0.05, 0) is 6.07 Å². The van der Waals surface area contributed by atoms with Gasteiger partial charge in [0.05, 0.1) is 5.69 Å². The molecule has 0 fully saturated rings. The molecule has 0 aliphatic carbocycles. The van der Waals surface area contributed by atoms with Crippen molar-refractivity contribution in [2.24, 2.45) is 5.84 Å². The molecule has 0 spiro atoms. The van der Waals surface area contributed by atoms with E-state index in [1.165, 1.54) is 12.1 Å². The van der Waals surface area contributed by atoms with Crippen LogP contribution in [0.5, 0.6) is 0 Å². The Morgan fingerprint density at radius 3 is 2.58 bits per heavy atom. The monoisotopic (exact) mass is 190 g/mol. The molecule has 0 aliphatic heterocycles. The topological polar surface area (TPSA) is 38.0 Å². The molecule has 0 radical (unpaired) electrons. The summed E-state index contributed by atoms with van der Waals surface area (Å²) in [6.07, 6.45) is -2.52. The van der Waals surface area contributed by atoms with E-state index in [1.54, 1.807) is 6.07 Å². The maximum Gasteiger partial charge on any atom is 0.264 e. The van der Waals surface area contributed by atoms with Crippen molar-refractivity contribution in [1.82, 2.24) is 0 Å². The van der Waals surface area contributed by atoms with Crippen molar-refractivity contribution >= 4 is 18.3 Å². The Morgan fingerprint density at radius 1 is 1.42 bits per heavy atom. The molecular weight excluding hydrogens is 182 g/mol. The summed E-state index contributed by atoms with van der Waals surface area (Å²) in [5.74, 6) is 5.08. The van der Waals surface area contributed by atoms with Gasteiger partial charge < -0.3 is 5.43 Å². The Hall–Kier alpha value is -0.810. The van der Waals surface area contributed by atoms with Crippen LogP contribution in [0.1, 0.15) is 12.0 Å². The van der Waals surface area contributed by atoms with Gasteiger partial charge in [0.25, 0.3) is 6.43 Å². The van der Waals surface area contributed by atoms with E-state index in [0.717, 1.165) is 0 Å². The summed E-state index contributed by atoms with van der Waals surface area (Å²) in [4.78, 5) is 0.190. The Kier molecular flexibility index (Phi) is 2.88. The predicted octanol–water partition coefficient (Wildman–Crippen LogP) is 2.20. The summed E-state index contributed by atoms with van der Waals surface area (Å²) in [5, 5.41) is 0. The number of nitrogens with two attached hydrogens (primary N) is 1. The first-order valence-electron chi connectivity index (χ1n) is 3.23. The fourth-order valence-corrected chi connectivity index (χ4v) is 1.17. The maximum absolute atomic E-state index is 12.2. The molecule has 1 aromatic rings. The fraction of sp³-hybridized carbons (Fsp3) is 0.143. The number of anilines is 1. The molecule has 0 bridgehead atoms. The van der Waals surface area contributed by atoms with E-state index in [1.807, 2.05) is 0 Å². The van der Waals surface area contributed by atoms with E-state index < -0.39 is 6.43 Å². The largest absolute Gasteiger partial charge is 0.323 e. The number of rotatable bonds is 2. The molecule has 0 saturated carbocycles. The van der Waals surface area contributed by atoms with Crippen LogP contribution in [0.4, 0.5) is 14.5 Å². The van der Waals surface area contributed by atoms with Crippen molar-refractivity contribution in [3.8, 4) is 0 Å². The number of benzene rings is 1. The van der Waals surface area contributed by atoms with Crippen molar-refractivity contribution in [3.63, 3.8) is 0 Å². The van der Waals surface area contributed by atoms with Gasteiger partial charge in [0.2, 0.25) is 0 Å². The molecule has 2 nitrogen and oxygen atoms in total. The molecule has 1 aromatic carbocycles. The first-order chi connectivity index (χ1) is 5.66. The molecule has 0 atom stereocenters. The molecule has 0 unspecified atom stereocenters. The number of nitrogens with one attached hydrogen (secondary N) is 1. The number of hydrogen-bond acceptors (Lipinski definition) is 3. The lowest BCUT2D eigenvalue weighted by atomic mass is 10.2. The summed E-state index contributed by atoms with van der Waals surface area (Å²) >= 11 is 3.91. The minimum absolute atomic E-state index is 0.117. The van der Waals surface area contributed by atoms with E-state index in [4.69, 9.17) is 5.84 Å². The standard InChI is InChI=1S/C7H8F2N2S/c8-7(9)4-2-1-3-5(11-10)6(4)12/h1-3,7,11-12H,10H2. The first-order valence-corrected chi connectivity index (χ1v) is 3.68. The molecule has 1 rings (SSSR count). The summed E-state index contributed by atoms with van der Waals surface area (Å²) in [6, 6.07) is 4.39. The highest BCUT2D eigenvalue weighted by Crippen LogP contribution is 2.30. The molecule has 66 valence electrons. The lowest BCUT2D eigenvalue weighted by molar-refractivity contribution is 0.148. The van der Waals surface area contributed by atoms with Crippen molar-refractivity contribution in [1.29, 1.82) is 0 Å². The van der Waals surface area contributed by atoms with Gasteiger partial charge in [-0.15, -0.1) is 12.6 Å². The van der Waals surface area contributed by atoms with Gasteiger partial charge in [0.1, 0.15) is 0 Å². The zero-order chi connectivity index (χ0) is 9.14. The first kappa shape index (κ1) is 9.28. The predicted molar refractivity (Wildman–Crippen MR) is 46.5 cm³/mol. The Balaban J connectivity index is 3.14. The average Bonchev–Trinajstić information content (AvgIpc) is 2.04. The van der Waals surface area contributed by atoms with E-state index in [0.29, 0.717) is 5.69 Å². The number of hydrogen-bond donors (Lipinski definition) is 3. The number of nitrogen functional groups attached to an aromatic ring is 1. The number of thiol groups is 1. The van der Waals surface area contributed by atoms with E-state index in [2.05, 4.69) is 18.1 Å². The SMILES string of the molecule is NNc1cccc(C(F)F)c1S. The van der Waals surface area contributed by atoms with Gasteiger partial charge in [0, 0.05) is 10.5 Å². The summed E-state index contributed by atoms with van der Waals surface area (Å²) in [6.45, 7) is 0. The molecule has 0 saturated heterocycles. The minimum Gasteiger partial charge on any atom is -0.323 e. The van der Waals surface area contributed by atoms with Crippen LogP contribution in [-0.2, 0) is 0 Å². The molecular formula is C7H8F2N2S. The Labute approximate surface area is 74.1 Å². The van der Waals surface area contributed by atoms with Crippen LogP contribution in [0.25, 0.3) is 0 Å². The molecule has 5 heteroatoms. The summed E-state index contributed by atoms with van der Waals surface area (Å²) < 4.78 is 24.5. The normalized spacial score (nSPS) is 10.4. The van der Waals surface area contributed by atoms with Crippen LogP contribution in [0.15, 0.2) is 23.1 Å².